The summed E-state index contributed by atoms with van der Waals surface area (Å²) >= 11 is 0. The van der Waals surface area contributed by atoms with Crippen molar-refractivity contribution >= 4 is 0 Å². The minimum Gasteiger partial charge on any atom is -0.393 e. The lowest BCUT2D eigenvalue weighted by Crippen LogP contribution is -2.48. The van der Waals surface area contributed by atoms with Crippen LogP contribution in [-0.2, 0) is 0 Å². The number of aliphatic hydroxyl groups is 1. The molecule has 0 radical (unpaired) electrons. The fraction of sp³-hybridized carbons (Fsp3) is 1.00. The molecule has 0 aromatic heterocycles. The monoisotopic (exact) mass is 253 g/mol. The van der Waals surface area contributed by atoms with Crippen LogP contribution in [0, 0.1) is 5.92 Å². The Morgan fingerprint density at radius 3 is 2.44 bits per heavy atom. The SMILES string of the molecule is CCCC1CCC(O)CC1N(C)C1CCCCC1. The number of rotatable bonds is 4. The van der Waals surface area contributed by atoms with E-state index in [1.54, 1.807) is 0 Å². The smallest absolute Gasteiger partial charge is 0.0555 e. The first-order valence-electron chi connectivity index (χ1n) is 8.12. The Balaban J connectivity index is 1.96. The largest absolute Gasteiger partial charge is 0.393 e. The molecule has 2 aliphatic carbocycles. The van der Waals surface area contributed by atoms with E-state index in [1.807, 2.05) is 0 Å². The first kappa shape index (κ1) is 14.3. The van der Waals surface area contributed by atoms with Gasteiger partial charge in [0, 0.05) is 12.1 Å². The van der Waals surface area contributed by atoms with E-state index in [1.165, 1.54) is 51.4 Å². The van der Waals surface area contributed by atoms with Gasteiger partial charge in [0.2, 0.25) is 0 Å². The minimum absolute atomic E-state index is 0.0471. The molecular weight excluding hydrogens is 222 g/mol. The van der Waals surface area contributed by atoms with Crippen LogP contribution in [0.2, 0.25) is 0 Å². The van der Waals surface area contributed by atoms with Gasteiger partial charge < -0.3 is 10.0 Å². The van der Waals surface area contributed by atoms with E-state index in [-0.39, 0.29) is 6.10 Å². The van der Waals surface area contributed by atoms with E-state index < -0.39 is 0 Å². The average molecular weight is 253 g/mol. The van der Waals surface area contributed by atoms with Crippen molar-refractivity contribution < 1.29 is 5.11 Å². The Kier molecular flexibility index (Phi) is 5.50. The zero-order valence-electron chi connectivity index (χ0n) is 12.3. The summed E-state index contributed by atoms with van der Waals surface area (Å²) in [5.74, 6) is 0.824. The third kappa shape index (κ3) is 3.48. The van der Waals surface area contributed by atoms with Gasteiger partial charge in [0.25, 0.3) is 0 Å². The van der Waals surface area contributed by atoms with Crippen LogP contribution in [-0.4, -0.2) is 35.2 Å². The lowest BCUT2D eigenvalue weighted by molar-refractivity contribution is 0.00994. The normalized spacial score (nSPS) is 35.0. The van der Waals surface area contributed by atoms with Crippen molar-refractivity contribution in [1.29, 1.82) is 0 Å². The number of hydrogen-bond donors (Lipinski definition) is 1. The van der Waals surface area contributed by atoms with Gasteiger partial charge in [-0.2, -0.15) is 0 Å². The molecule has 2 fully saturated rings. The molecule has 0 aliphatic heterocycles. The topological polar surface area (TPSA) is 23.5 Å². The highest BCUT2D eigenvalue weighted by Gasteiger charge is 2.34. The molecular formula is C16H31NO. The fourth-order valence-corrected chi connectivity index (χ4v) is 4.15. The van der Waals surface area contributed by atoms with Crippen LogP contribution in [0.15, 0.2) is 0 Å². The zero-order valence-corrected chi connectivity index (χ0v) is 12.3. The number of nitrogens with zero attached hydrogens (tertiary/aromatic N) is 1. The second-order valence-corrected chi connectivity index (χ2v) is 6.54. The van der Waals surface area contributed by atoms with Gasteiger partial charge >= 0.3 is 0 Å². The van der Waals surface area contributed by atoms with Crippen LogP contribution < -0.4 is 0 Å². The second kappa shape index (κ2) is 6.91. The fourth-order valence-electron chi connectivity index (χ4n) is 4.15. The van der Waals surface area contributed by atoms with Crippen molar-refractivity contribution in [2.45, 2.75) is 89.3 Å². The number of aliphatic hydroxyl groups excluding tert-OH is 1. The Bertz CT molecular complexity index is 237. The van der Waals surface area contributed by atoms with Gasteiger partial charge in [-0.15, -0.1) is 0 Å². The van der Waals surface area contributed by atoms with Gasteiger partial charge in [-0.3, -0.25) is 0 Å². The van der Waals surface area contributed by atoms with Crippen LogP contribution in [0.5, 0.6) is 0 Å². The standard InChI is InChI=1S/C16H31NO/c1-3-7-13-10-11-15(18)12-16(13)17(2)14-8-5-4-6-9-14/h13-16,18H,3-12H2,1-2H3. The highest BCUT2D eigenvalue weighted by atomic mass is 16.3. The van der Waals surface area contributed by atoms with Crippen molar-refractivity contribution in [2.75, 3.05) is 7.05 Å². The molecule has 0 spiro atoms. The third-order valence-electron chi connectivity index (χ3n) is 5.26. The van der Waals surface area contributed by atoms with Gasteiger partial charge in [0.1, 0.15) is 0 Å². The van der Waals surface area contributed by atoms with Crippen LogP contribution in [0.3, 0.4) is 0 Å². The first-order chi connectivity index (χ1) is 8.72. The number of hydrogen-bond acceptors (Lipinski definition) is 2. The lowest BCUT2D eigenvalue weighted by atomic mass is 9.78. The van der Waals surface area contributed by atoms with Crippen LogP contribution in [0.4, 0.5) is 0 Å². The Labute approximate surface area is 113 Å². The van der Waals surface area contributed by atoms with Crippen molar-refractivity contribution in [3.63, 3.8) is 0 Å². The van der Waals surface area contributed by atoms with Crippen molar-refractivity contribution in [3.8, 4) is 0 Å². The molecule has 2 saturated carbocycles. The molecule has 2 rings (SSSR count). The highest BCUT2D eigenvalue weighted by molar-refractivity contribution is 4.89. The van der Waals surface area contributed by atoms with Crippen LogP contribution >= 0.6 is 0 Å². The van der Waals surface area contributed by atoms with Crippen molar-refractivity contribution in [2.24, 2.45) is 5.92 Å². The molecule has 2 nitrogen and oxygen atoms in total. The summed E-state index contributed by atoms with van der Waals surface area (Å²) in [7, 11) is 2.32. The maximum absolute atomic E-state index is 9.99. The van der Waals surface area contributed by atoms with E-state index in [9.17, 15) is 5.11 Å². The van der Waals surface area contributed by atoms with Crippen molar-refractivity contribution in [3.05, 3.63) is 0 Å². The molecule has 2 heteroatoms. The Morgan fingerprint density at radius 2 is 1.78 bits per heavy atom. The summed E-state index contributed by atoms with van der Waals surface area (Å²) in [6.45, 7) is 2.29. The summed E-state index contributed by atoms with van der Waals surface area (Å²) in [6, 6.07) is 1.42. The molecule has 106 valence electrons. The van der Waals surface area contributed by atoms with E-state index >= 15 is 0 Å². The van der Waals surface area contributed by atoms with Gasteiger partial charge in [0.15, 0.2) is 0 Å². The molecule has 2 aliphatic rings. The predicted octanol–water partition coefficient (Wildman–Crippen LogP) is 3.58. The molecule has 1 N–H and O–H groups in total. The molecule has 0 bridgehead atoms. The van der Waals surface area contributed by atoms with Gasteiger partial charge in [-0.25, -0.2) is 0 Å². The Morgan fingerprint density at radius 1 is 1.06 bits per heavy atom. The maximum atomic E-state index is 9.99. The molecule has 3 unspecified atom stereocenters. The molecule has 18 heavy (non-hydrogen) atoms. The van der Waals surface area contributed by atoms with E-state index in [0.29, 0.717) is 6.04 Å². The second-order valence-electron chi connectivity index (χ2n) is 6.54. The van der Waals surface area contributed by atoms with Crippen LogP contribution in [0.1, 0.15) is 71.1 Å². The third-order valence-corrected chi connectivity index (χ3v) is 5.26. The molecule has 0 aromatic rings. The lowest BCUT2D eigenvalue weighted by Gasteiger charge is -2.44. The minimum atomic E-state index is -0.0471. The average Bonchev–Trinajstić information content (AvgIpc) is 2.41. The highest BCUT2D eigenvalue weighted by Crippen LogP contribution is 2.34. The quantitative estimate of drug-likeness (QED) is 0.828. The van der Waals surface area contributed by atoms with Gasteiger partial charge in [-0.05, 0) is 51.5 Å². The van der Waals surface area contributed by atoms with Gasteiger partial charge in [0.05, 0.1) is 6.10 Å². The summed E-state index contributed by atoms with van der Waals surface area (Å²) in [4.78, 5) is 2.64. The maximum Gasteiger partial charge on any atom is 0.0555 e. The predicted molar refractivity (Wildman–Crippen MR) is 76.7 cm³/mol. The molecule has 0 heterocycles. The summed E-state index contributed by atoms with van der Waals surface area (Å²) in [6.07, 6.45) is 12.8. The van der Waals surface area contributed by atoms with E-state index in [4.69, 9.17) is 0 Å². The van der Waals surface area contributed by atoms with E-state index in [2.05, 4.69) is 18.9 Å². The summed E-state index contributed by atoms with van der Waals surface area (Å²) in [5.41, 5.74) is 0. The first-order valence-corrected chi connectivity index (χ1v) is 8.12. The Hall–Kier alpha value is -0.0800. The molecule has 3 atom stereocenters. The van der Waals surface area contributed by atoms with E-state index in [0.717, 1.165) is 24.8 Å². The summed E-state index contributed by atoms with van der Waals surface area (Å²) < 4.78 is 0. The van der Waals surface area contributed by atoms with Gasteiger partial charge in [-0.1, -0.05) is 32.6 Å². The van der Waals surface area contributed by atoms with Crippen LogP contribution in [0.25, 0.3) is 0 Å². The van der Waals surface area contributed by atoms with Crippen molar-refractivity contribution in [1.82, 2.24) is 4.90 Å². The molecule has 0 saturated heterocycles. The molecule has 0 aromatic carbocycles. The summed E-state index contributed by atoms with van der Waals surface area (Å²) in [5, 5.41) is 9.99. The zero-order chi connectivity index (χ0) is 13.0. The molecule has 0 amide bonds.